The standard InChI is InChI=1S/C16H32O4Si.C7H15O2.C7H12O2/c1-4-6-9-18-15(19-10-7-5-2)13-14(3)16(17)20-11-8-12-21;1-6(2)8-5-9-7(3)4;1-4-5-9-7(8)6(2)3/h13,15H,4-12H2,1-3,21H3;5-7H,1-4H3;2,4-5H2,1,3H3. The highest BCUT2D eigenvalue weighted by Gasteiger charge is 2.11. The van der Waals surface area contributed by atoms with Gasteiger partial charge in [-0.05, 0) is 73.3 Å². The van der Waals surface area contributed by atoms with Gasteiger partial charge in [-0.25, -0.2) is 9.59 Å². The molecule has 0 fully saturated rings. The first kappa shape index (κ1) is 42.0. The lowest BCUT2D eigenvalue weighted by atomic mass is 10.3. The van der Waals surface area contributed by atoms with Gasteiger partial charge in [0.25, 0.3) is 0 Å². The third-order valence-electron chi connectivity index (χ3n) is 4.44. The van der Waals surface area contributed by atoms with Gasteiger partial charge in [0.2, 0.25) is 6.79 Å². The number of esters is 2. The maximum absolute atomic E-state index is 11.8. The molecule has 0 aromatic carbocycles. The minimum absolute atomic E-state index is 0.212. The van der Waals surface area contributed by atoms with Crippen molar-refractivity contribution in [2.45, 2.75) is 125 Å². The Morgan fingerprint density at radius 1 is 0.744 bits per heavy atom. The summed E-state index contributed by atoms with van der Waals surface area (Å²) in [6.07, 6.45) is 7.65. The monoisotopic (exact) mass is 575 g/mol. The Labute approximate surface area is 242 Å². The van der Waals surface area contributed by atoms with Crippen LogP contribution >= 0.6 is 0 Å². The average molecular weight is 576 g/mol. The molecule has 0 aliphatic carbocycles. The summed E-state index contributed by atoms with van der Waals surface area (Å²) in [5, 5.41) is 0. The lowest BCUT2D eigenvalue weighted by Gasteiger charge is -2.16. The Bertz CT molecular complexity index is 602. The second-order valence-corrected chi connectivity index (χ2v) is 10.5. The molecular weight excluding hydrogens is 516 g/mol. The van der Waals surface area contributed by atoms with Gasteiger partial charge in [0.15, 0.2) is 6.29 Å². The molecule has 0 aliphatic heterocycles. The van der Waals surface area contributed by atoms with E-state index in [9.17, 15) is 9.59 Å². The average Bonchev–Trinajstić information content (AvgIpc) is 2.87. The topological polar surface area (TPSA) is 89.5 Å². The zero-order valence-corrected chi connectivity index (χ0v) is 28.6. The Morgan fingerprint density at radius 2 is 1.23 bits per heavy atom. The van der Waals surface area contributed by atoms with Crippen LogP contribution in [0.5, 0.6) is 0 Å². The van der Waals surface area contributed by atoms with Gasteiger partial charge in [0.05, 0.1) is 38.6 Å². The van der Waals surface area contributed by atoms with E-state index >= 15 is 0 Å². The van der Waals surface area contributed by atoms with Crippen LogP contribution < -0.4 is 0 Å². The van der Waals surface area contributed by atoms with Crippen LogP contribution in [0.3, 0.4) is 0 Å². The van der Waals surface area contributed by atoms with E-state index in [0.29, 0.717) is 37.6 Å². The molecule has 8 nitrogen and oxygen atoms in total. The Balaban J connectivity index is -0.000000592. The molecular formula is C30H59O8Si. The fourth-order valence-corrected chi connectivity index (χ4v) is 2.39. The SMILES string of the molecule is C=C(C)C(=O)OCCC.CC(C)O[CH]OC(C)C.CCCCOC(C=C(C)C(=O)OCCC[SiH3])OCCCC. The molecule has 0 aromatic heterocycles. The van der Waals surface area contributed by atoms with Gasteiger partial charge in [-0.1, -0.05) is 46.2 Å². The van der Waals surface area contributed by atoms with Crippen LogP contribution in [0.4, 0.5) is 0 Å². The highest BCUT2D eigenvalue weighted by Crippen LogP contribution is 2.07. The number of hydrogen-bond donors (Lipinski definition) is 0. The largest absolute Gasteiger partial charge is 0.462 e. The van der Waals surface area contributed by atoms with E-state index in [2.05, 4.69) is 20.4 Å². The van der Waals surface area contributed by atoms with Crippen LogP contribution in [0, 0.1) is 6.79 Å². The van der Waals surface area contributed by atoms with Crippen molar-refractivity contribution in [2.75, 3.05) is 26.4 Å². The number of hydrogen-bond acceptors (Lipinski definition) is 8. The number of unbranched alkanes of at least 4 members (excludes halogenated alkanes) is 2. The van der Waals surface area contributed by atoms with E-state index in [4.69, 9.17) is 28.4 Å². The van der Waals surface area contributed by atoms with Crippen LogP contribution in [0.15, 0.2) is 23.8 Å². The maximum atomic E-state index is 11.8. The molecule has 0 atom stereocenters. The second-order valence-electron chi connectivity index (χ2n) is 9.54. The summed E-state index contributed by atoms with van der Waals surface area (Å²) in [6, 6.07) is 1.15. The first-order valence-corrected chi connectivity index (χ1v) is 15.9. The van der Waals surface area contributed by atoms with Gasteiger partial charge in [0, 0.05) is 21.4 Å². The highest BCUT2D eigenvalue weighted by atomic mass is 28.1. The molecule has 0 saturated heterocycles. The number of carbonyl (C=O) groups excluding carboxylic acids is 2. The first-order chi connectivity index (χ1) is 18.5. The number of ether oxygens (including phenoxy) is 6. The highest BCUT2D eigenvalue weighted by molar-refractivity contribution is 6.08. The molecule has 231 valence electrons. The van der Waals surface area contributed by atoms with Crippen molar-refractivity contribution < 1.29 is 38.0 Å². The molecule has 1 radical (unpaired) electrons. The molecule has 9 heteroatoms. The zero-order valence-electron chi connectivity index (χ0n) is 26.6. The molecule has 0 aliphatic rings. The van der Waals surface area contributed by atoms with E-state index in [0.717, 1.165) is 54.8 Å². The van der Waals surface area contributed by atoms with Crippen LogP contribution in [0.1, 0.15) is 101 Å². The van der Waals surface area contributed by atoms with Gasteiger partial charge in [-0.15, -0.1) is 0 Å². The predicted octanol–water partition coefficient (Wildman–Crippen LogP) is 6.08. The predicted molar refractivity (Wildman–Crippen MR) is 162 cm³/mol. The number of rotatable bonds is 20. The minimum Gasteiger partial charge on any atom is -0.462 e. The van der Waals surface area contributed by atoms with Crippen molar-refractivity contribution in [3.8, 4) is 0 Å². The fraction of sp³-hybridized carbons (Fsp3) is 0.767. The summed E-state index contributed by atoms with van der Waals surface area (Å²) < 4.78 is 31.3. The lowest BCUT2D eigenvalue weighted by molar-refractivity contribution is -0.140. The van der Waals surface area contributed by atoms with Gasteiger partial charge in [0.1, 0.15) is 0 Å². The Hall–Kier alpha value is -1.52. The van der Waals surface area contributed by atoms with E-state index in [1.807, 2.05) is 34.6 Å². The third kappa shape index (κ3) is 34.4. The van der Waals surface area contributed by atoms with Gasteiger partial charge in [-0.2, -0.15) is 0 Å². The Kier molecular flexibility index (Phi) is 33.4. The molecule has 0 unspecified atom stereocenters. The van der Waals surface area contributed by atoms with Gasteiger partial charge in [-0.3, -0.25) is 0 Å². The molecule has 0 N–H and O–H groups in total. The van der Waals surface area contributed by atoms with Crippen molar-refractivity contribution in [2.24, 2.45) is 0 Å². The van der Waals surface area contributed by atoms with Crippen molar-refractivity contribution in [1.82, 2.24) is 0 Å². The first-order valence-electron chi connectivity index (χ1n) is 14.5. The maximum Gasteiger partial charge on any atom is 0.333 e. The summed E-state index contributed by atoms with van der Waals surface area (Å²) >= 11 is 0. The normalized spacial score (nSPS) is 11.1. The second kappa shape index (κ2) is 31.0. The quantitative estimate of drug-likeness (QED) is 0.0567. The van der Waals surface area contributed by atoms with E-state index in [-0.39, 0.29) is 24.1 Å². The summed E-state index contributed by atoms with van der Waals surface area (Å²) in [5.74, 6) is -0.565. The summed E-state index contributed by atoms with van der Waals surface area (Å²) in [6.45, 7) is 24.5. The minimum atomic E-state index is -0.450. The van der Waals surface area contributed by atoms with E-state index in [1.165, 1.54) is 6.79 Å². The summed E-state index contributed by atoms with van der Waals surface area (Å²) in [5.41, 5.74) is 1.02. The lowest BCUT2D eigenvalue weighted by Crippen LogP contribution is -2.18. The van der Waals surface area contributed by atoms with Crippen LogP contribution in [-0.2, 0) is 38.0 Å². The molecule has 0 heterocycles. The molecule has 0 saturated carbocycles. The van der Waals surface area contributed by atoms with Crippen LogP contribution in [0.25, 0.3) is 0 Å². The van der Waals surface area contributed by atoms with E-state index < -0.39 is 6.29 Å². The van der Waals surface area contributed by atoms with Crippen molar-refractivity contribution in [3.05, 3.63) is 30.6 Å². The van der Waals surface area contributed by atoms with Crippen molar-refractivity contribution in [1.29, 1.82) is 0 Å². The summed E-state index contributed by atoms with van der Waals surface area (Å²) in [7, 11) is 1.15. The zero-order chi connectivity index (χ0) is 30.5. The molecule has 0 bridgehead atoms. The van der Waals surface area contributed by atoms with Crippen LogP contribution in [0.2, 0.25) is 6.04 Å². The summed E-state index contributed by atoms with van der Waals surface area (Å²) in [4.78, 5) is 22.4. The molecule has 0 aromatic rings. The molecule has 0 amide bonds. The molecule has 39 heavy (non-hydrogen) atoms. The molecule has 0 rings (SSSR count). The molecule has 0 spiro atoms. The number of carbonyl (C=O) groups is 2. The van der Waals surface area contributed by atoms with Crippen molar-refractivity contribution >= 4 is 22.2 Å². The van der Waals surface area contributed by atoms with Crippen molar-refractivity contribution in [3.63, 3.8) is 0 Å². The van der Waals surface area contributed by atoms with Gasteiger partial charge >= 0.3 is 11.9 Å². The third-order valence-corrected chi connectivity index (χ3v) is 5.15. The van der Waals surface area contributed by atoms with E-state index in [1.54, 1.807) is 19.9 Å². The Morgan fingerprint density at radius 3 is 1.62 bits per heavy atom. The van der Waals surface area contributed by atoms with Gasteiger partial charge < -0.3 is 28.4 Å². The smallest absolute Gasteiger partial charge is 0.333 e. The fourth-order valence-electron chi connectivity index (χ4n) is 2.10. The van der Waals surface area contributed by atoms with Crippen LogP contribution in [-0.4, -0.2) is 67.1 Å².